The molecule has 0 fully saturated rings. The van der Waals surface area contributed by atoms with Crippen LogP contribution in [0, 0.1) is 0 Å². The molecule has 0 radical (unpaired) electrons. The highest BCUT2D eigenvalue weighted by Gasteiger charge is 2.33. The first kappa shape index (κ1) is 14.5. The van der Waals surface area contributed by atoms with E-state index in [0.717, 1.165) is 6.07 Å². The molecule has 0 saturated heterocycles. The molecule has 0 aliphatic heterocycles. The molecule has 104 valence electrons. The smallest absolute Gasteiger partial charge is 0.405 e. The summed E-state index contributed by atoms with van der Waals surface area (Å²) in [5.41, 5.74) is 0.000344. The molecule has 0 amide bonds. The molecule has 0 aliphatic carbocycles. The Balaban J connectivity index is 2.43. The summed E-state index contributed by atoms with van der Waals surface area (Å²) in [4.78, 5) is 15.9. The maximum atomic E-state index is 12.4. The van der Waals surface area contributed by atoms with E-state index < -0.39 is 17.9 Å². The average molecular weight is 346 g/mol. The summed E-state index contributed by atoms with van der Waals surface area (Å²) in [6.07, 6.45) is -2.13. The van der Waals surface area contributed by atoms with E-state index >= 15 is 0 Å². The Morgan fingerprint density at radius 3 is 2.60 bits per heavy atom. The van der Waals surface area contributed by atoms with Gasteiger partial charge in [0.05, 0.1) is 5.56 Å². The van der Waals surface area contributed by atoms with E-state index in [1.54, 1.807) is 0 Å². The Labute approximate surface area is 120 Å². The zero-order valence-corrected chi connectivity index (χ0v) is 11.4. The molecule has 1 aromatic heterocycles. The zero-order chi connectivity index (χ0) is 14.8. The van der Waals surface area contributed by atoms with Gasteiger partial charge in [0.15, 0.2) is 5.78 Å². The van der Waals surface area contributed by atoms with Crippen LogP contribution in [-0.2, 0) is 0 Å². The second-order valence-electron chi connectivity index (χ2n) is 3.76. The third-order valence-corrected chi connectivity index (χ3v) is 2.83. The Hall–Kier alpha value is -1.89. The molecule has 0 spiro atoms. The molecule has 1 heterocycles. The van der Waals surface area contributed by atoms with Gasteiger partial charge in [0.1, 0.15) is 5.75 Å². The number of nitrogens with zero attached hydrogens (tertiary/aromatic N) is 1. The normalized spacial score (nSPS) is 11.2. The summed E-state index contributed by atoms with van der Waals surface area (Å²) < 4.78 is 41.3. The second-order valence-corrected chi connectivity index (χ2v) is 4.67. The molecular formula is C13H7BrF3NO2. The average Bonchev–Trinajstić information content (AvgIpc) is 2.37. The Bertz CT molecular complexity index is 629. The first-order valence-corrected chi connectivity index (χ1v) is 6.16. The van der Waals surface area contributed by atoms with Crippen molar-refractivity contribution in [3.8, 4) is 5.75 Å². The number of hydrogen-bond acceptors (Lipinski definition) is 3. The van der Waals surface area contributed by atoms with E-state index in [-0.39, 0.29) is 11.1 Å². The number of aromatic nitrogens is 1. The van der Waals surface area contributed by atoms with E-state index in [1.807, 2.05) is 0 Å². The van der Waals surface area contributed by atoms with Gasteiger partial charge in [-0.15, -0.1) is 13.2 Å². The predicted octanol–water partition coefficient (Wildman–Crippen LogP) is 3.97. The monoisotopic (exact) mass is 345 g/mol. The van der Waals surface area contributed by atoms with Crippen molar-refractivity contribution < 1.29 is 22.7 Å². The SMILES string of the molecule is O=C(c1cccnc1)c1ccc(Br)cc1OC(F)(F)F. The van der Waals surface area contributed by atoms with Crippen molar-refractivity contribution in [3.63, 3.8) is 0 Å². The molecule has 0 atom stereocenters. The lowest BCUT2D eigenvalue weighted by molar-refractivity contribution is -0.274. The summed E-state index contributed by atoms with van der Waals surface area (Å²) in [6.45, 7) is 0. The molecule has 2 rings (SSSR count). The van der Waals surface area contributed by atoms with Crippen LogP contribution in [0.3, 0.4) is 0 Å². The minimum atomic E-state index is -4.87. The van der Waals surface area contributed by atoms with Crippen LogP contribution in [0.25, 0.3) is 0 Å². The summed E-state index contributed by atoms with van der Waals surface area (Å²) >= 11 is 3.04. The molecule has 20 heavy (non-hydrogen) atoms. The van der Waals surface area contributed by atoms with Gasteiger partial charge in [0, 0.05) is 22.4 Å². The fourth-order valence-corrected chi connectivity index (χ4v) is 1.89. The number of carbonyl (C=O) groups excluding carboxylic acids is 1. The van der Waals surface area contributed by atoms with E-state index in [0.29, 0.717) is 4.47 Å². The van der Waals surface area contributed by atoms with Crippen LogP contribution in [0.4, 0.5) is 13.2 Å². The van der Waals surface area contributed by atoms with Crippen molar-refractivity contribution in [1.82, 2.24) is 4.98 Å². The largest absolute Gasteiger partial charge is 0.573 e. The van der Waals surface area contributed by atoms with Crippen LogP contribution in [0.1, 0.15) is 15.9 Å². The Morgan fingerprint density at radius 1 is 1.25 bits per heavy atom. The lowest BCUT2D eigenvalue weighted by Crippen LogP contribution is -2.19. The van der Waals surface area contributed by atoms with Crippen LogP contribution in [-0.4, -0.2) is 17.1 Å². The standard InChI is InChI=1S/C13H7BrF3NO2/c14-9-3-4-10(11(6-9)20-13(15,16)17)12(19)8-2-1-5-18-7-8/h1-7H. The molecular weight excluding hydrogens is 339 g/mol. The van der Waals surface area contributed by atoms with Crippen molar-refractivity contribution in [2.24, 2.45) is 0 Å². The van der Waals surface area contributed by atoms with E-state index in [2.05, 4.69) is 25.7 Å². The quantitative estimate of drug-likeness (QED) is 0.790. The number of carbonyl (C=O) groups is 1. The van der Waals surface area contributed by atoms with Gasteiger partial charge in [-0.1, -0.05) is 15.9 Å². The van der Waals surface area contributed by atoms with Crippen LogP contribution < -0.4 is 4.74 Å². The maximum Gasteiger partial charge on any atom is 0.573 e. The van der Waals surface area contributed by atoms with Gasteiger partial charge < -0.3 is 4.74 Å². The van der Waals surface area contributed by atoms with Gasteiger partial charge in [0.2, 0.25) is 0 Å². The third-order valence-electron chi connectivity index (χ3n) is 2.34. The highest BCUT2D eigenvalue weighted by atomic mass is 79.9. The zero-order valence-electron chi connectivity index (χ0n) is 9.82. The lowest BCUT2D eigenvalue weighted by Gasteiger charge is -2.13. The molecule has 7 heteroatoms. The Kier molecular flexibility index (Phi) is 4.08. The van der Waals surface area contributed by atoms with Crippen molar-refractivity contribution in [2.75, 3.05) is 0 Å². The van der Waals surface area contributed by atoms with Crippen molar-refractivity contribution >= 4 is 21.7 Å². The highest BCUT2D eigenvalue weighted by molar-refractivity contribution is 9.10. The summed E-state index contributed by atoms with van der Waals surface area (Å²) in [6, 6.07) is 6.82. The highest BCUT2D eigenvalue weighted by Crippen LogP contribution is 2.30. The molecule has 2 aromatic rings. The van der Waals surface area contributed by atoms with Crippen LogP contribution in [0.2, 0.25) is 0 Å². The summed E-state index contributed by atoms with van der Waals surface area (Å²) in [5, 5.41) is 0. The van der Waals surface area contributed by atoms with E-state index in [1.165, 1.54) is 36.7 Å². The maximum absolute atomic E-state index is 12.4. The number of pyridine rings is 1. The summed E-state index contributed by atoms with van der Waals surface area (Å²) in [7, 11) is 0. The number of ether oxygens (including phenoxy) is 1. The van der Waals surface area contributed by atoms with Crippen LogP contribution in [0.15, 0.2) is 47.2 Å². The van der Waals surface area contributed by atoms with Gasteiger partial charge in [-0.3, -0.25) is 9.78 Å². The van der Waals surface area contributed by atoms with Gasteiger partial charge in [-0.05, 0) is 30.3 Å². The van der Waals surface area contributed by atoms with Crippen LogP contribution >= 0.6 is 15.9 Å². The topological polar surface area (TPSA) is 39.2 Å². The number of benzene rings is 1. The molecule has 3 nitrogen and oxygen atoms in total. The predicted molar refractivity (Wildman–Crippen MR) is 68.5 cm³/mol. The molecule has 0 N–H and O–H groups in total. The minimum absolute atomic E-state index is 0.182. The Morgan fingerprint density at radius 2 is 2.00 bits per heavy atom. The first-order valence-electron chi connectivity index (χ1n) is 5.37. The van der Waals surface area contributed by atoms with Crippen molar-refractivity contribution in [3.05, 3.63) is 58.3 Å². The minimum Gasteiger partial charge on any atom is -0.405 e. The number of alkyl halides is 3. The van der Waals surface area contributed by atoms with E-state index in [9.17, 15) is 18.0 Å². The molecule has 0 unspecified atom stereocenters. The molecule has 0 aliphatic rings. The van der Waals surface area contributed by atoms with Gasteiger partial charge in [0.25, 0.3) is 0 Å². The summed E-state index contributed by atoms with van der Waals surface area (Å²) in [5.74, 6) is -1.15. The molecule has 1 aromatic carbocycles. The van der Waals surface area contributed by atoms with Gasteiger partial charge in [-0.2, -0.15) is 0 Å². The van der Waals surface area contributed by atoms with Crippen molar-refractivity contribution in [1.29, 1.82) is 0 Å². The van der Waals surface area contributed by atoms with Gasteiger partial charge in [-0.25, -0.2) is 0 Å². The molecule has 0 bridgehead atoms. The fourth-order valence-electron chi connectivity index (χ4n) is 1.55. The number of ketones is 1. The van der Waals surface area contributed by atoms with E-state index in [4.69, 9.17) is 0 Å². The van der Waals surface area contributed by atoms with Crippen molar-refractivity contribution in [2.45, 2.75) is 6.36 Å². The van der Waals surface area contributed by atoms with Crippen LogP contribution in [0.5, 0.6) is 5.75 Å². The number of hydrogen-bond donors (Lipinski definition) is 0. The number of rotatable bonds is 3. The first-order chi connectivity index (χ1) is 9.37. The fraction of sp³-hybridized carbons (Fsp3) is 0.0769. The second kappa shape index (κ2) is 5.62. The van der Waals surface area contributed by atoms with Gasteiger partial charge >= 0.3 is 6.36 Å². The lowest BCUT2D eigenvalue weighted by atomic mass is 10.0. The molecule has 0 saturated carbocycles. The third kappa shape index (κ3) is 3.57. The number of halogens is 4.